The Balaban J connectivity index is 0.675. The van der Waals surface area contributed by atoms with Crippen LogP contribution in [0.25, 0.3) is 17.2 Å². The van der Waals surface area contributed by atoms with Gasteiger partial charge in [-0.25, -0.2) is 25.2 Å². The molecule has 5 aliphatic heterocycles. The highest BCUT2D eigenvalue weighted by atomic mass is 17.2. The summed E-state index contributed by atoms with van der Waals surface area (Å²) in [6, 6.07) is 22.3. The number of likely N-dealkylation sites (tertiary alicyclic amines) is 2. The van der Waals surface area contributed by atoms with E-state index in [-0.39, 0.29) is 12.3 Å². The maximum Gasteiger partial charge on any atom is 0.123 e. The first-order valence-corrected chi connectivity index (χ1v) is 26.2. The zero-order chi connectivity index (χ0) is 48.6. The number of rotatable bonds is 14. The topological polar surface area (TPSA) is 134 Å². The third kappa shape index (κ3) is 12.8. The number of aromatic nitrogens is 2. The molecular formula is C57H79N11O2. The van der Waals surface area contributed by atoms with E-state index < -0.39 is 0 Å². The summed E-state index contributed by atoms with van der Waals surface area (Å²) in [5.41, 5.74) is 22.1. The first-order chi connectivity index (χ1) is 34.0. The molecule has 13 nitrogen and oxygen atoms in total. The van der Waals surface area contributed by atoms with E-state index in [0.717, 1.165) is 126 Å². The van der Waals surface area contributed by atoms with Crippen LogP contribution < -0.4 is 16.5 Å². The Hall–Kier alpha value is -4.83. The summed E-state index contributed by atoms with van der Waals surface area (Å²) in [4.78, 5) is 29.8. The van der Waals surface area contributed by atoms with Crippen molar-refractivity contribution in [3.05, 3.63) is 130 Å². The zero-order valence-corrected chi connectivity index (χ0v) is 42.6. The number of hydrazine groups is 1. The minimum Gasteiger partial charge on any atom is -0.384 e. The van der Waals surface area contributed by atoms with Crippen molar-refractivity contribution in [3.8, 4) is 11.1 Å². The van der Waals surface area contributed by atoms with Crippen molar-refractivity contribution in [2.45, 2.75) is 96.9 Å². The van der Waals surface area contributed by atoms with Gasteiger partial charge in [0, 0.05) is 95.2 Å². The molecule has 0 radical (unpaired) electrons. The second-order valence-electron chi connectivity index (χ2n) is 21.1. The largest absolute Gasteiger partial charge is 0.384 e. The lowest BCUT2D eigenvalue weighted by Gasteiger charge is -2.39. The normalized spacial score (nSPS) is 23.8. The lowest BCUT2D eigenvalue weighted by molar-refractivity contribution is -0.293. The summed E-state index contributed by atoms with van der Waals surface area (Å²) in [5.74, 6) is 3.36. The Morgan fingerprint density at radius 3 is 2.37 bits per heavy atom. The first kappa shape index (κ1) is 50.1. The summed E-state index contributed by atoms with van der Waals surface area (Å²) < 4.78 is 0. The minimum absolute atomic E-state index is 0.000113. The molecule has 5 saturated heterocycles. The zero-order valence-electron chi connectivity index (χ0n) is 42.6. The Morgan fingerprint density at radius 1 is 0.857 bits per heavy atom. The van der Waals surface area contributed by atoms with Crippen LogP contribution in [0.5, 0.6) is 0 Å². The Morgan fingerprint density at radius 2 is 1.61 bits per heavy atom. The van der Waals surface area contributed by atoms with Gasteiger partial charge in [0.2, 0.25) is 0 Å². The molecule has 5 aliphatic rings. The standard InChI is InChI=1S/C57H79N11O2/c1-40(33-53-43(4)60-23-18-51(53)49-14-15-54(58)61-35-49)36-65-24-21-47(22-25-65)46-10-12-48(13-11-46)57-62-56(64(5)63-57)17-16-55(59)68-26-19-44(20-27-68)37-66-28-30-67(31-29-66)38-45-9-8-41(2)52(34-45)42(3)50-7-6-32-69-70-39-50/h8-18,23,33-35,42,44,47,50,56-57,59,62-63H,6-7,19-22,24-32,36-39H2,1-5H3,(H2,58,61)/b17-16-,40-33+,59-55?. The number of likely N-dealkylation sites (N-methyl/N-ethyl adjacent to an activating group) is 1. The van der Waals surface area contributed by atoms with Crippen LogP contribution in [-0.2, 0) is 16.3 Å². The molecule has 4 unspecified atom stereocenters. The number of piperidine rings is 2. The van der Waals surface area contributed by atoms with Gasteiger partial charge in [-0.05, 0) is 160 Å². The van der Waals surface area contributed by atoms with E-state index in [1.807, 2.05) is 30.6 Å². The van der Waals surface area contributed by atoms with Crippen molar-refractivity contribution in [1.29, 1.82) is 5.41 Å². The van der Waals surface area contributed by atoms with Crippen LogP contribution >= 0.6 is 0 Å². The monoisotopic (exact) mass is 950 g/mol. The third-order valence-electron chi connectivity index (χ3n) is 16.1. The summed E-state index contributed by atoms with van der Waals surface area (Å²) in [5, 5.41) is 14.8. The molecule has 0 aliphatic carbocycles. The van der Waals surface area contributed by atoms with Crippen LogP contribution in [0.15, 0.2) is 90.8 Å². The molecule has 7 heterocycles. The lowest BCUT2D eigenvalue weighted by atomic mass is 9.82. The molecular weight excluding hydrogens is 871 g/mol. The van der Waals surface area contributed by atoms with Gasteiger partial charge in [-0.1, -0.05) is 61.0 Å². The van der Waals surface area contributed by atoms with Gasteiger partial charge in [0.1, 0.15) is 11.7 Å². The maximum atomic E-state index is 8.96. The van der Waals surface area contributed by atoms with Gasteiger partial charge in [-0.2, -0.15) is 0 Å². The predicted molar refractivity (Wildman–Crippen MR) is 283 cm³/mol. The van der Waals surface area contributed by atoms with Crippen LogP contribution in [0.3, 0.4) is 0 Å². The molecule has 5 fully saturated rings. The van der Waals surface area contributed by atoms with Crippen molar-refractivity contribution in [2.24, 2.45) is 11.8 Å². The molecule has 4 atom stereocenters. The summed E-state index contributed by atoms with van der Waals surface area (Å²) in [6.07, 6.45) is 17.0. The van der Waals surface area contributed by atoms with Crippen LogP contribution in [0.4, 0.5) is 5.82 Å². The molecule has 0 bridgehead atoms. The van der Waals surface area contributed by atoms with Crippen molar-refractivity contribution in [3.63, 3.8) is 0 Å². The Labute approximate surface area is 417 Å². The van der Waals surface area contributed by atoms with E-state index in [4.69, 9.17) is 20.9 Å². The number of nitrogen functional groups attached to an aromatic ring is 1. The van der Waals surface area contributed by atoms with Crippen LogP contribution in [0.1, 0.15) is 109 Å². The average Bonchev–Trinajstić information content (AvgIpc) is 3.53. The highest BCUT2D eigenvalue weighted by Gasteiger charge is 2.30. The molecule has 2 aromatic carbocycles. The number of anilines is 1. The number of pyridine rings is 2. The summed E-state index contributed by atoms with van der Waals surface area (Å²) in [7, 11) is 2.08. The van der Waals surface area contributed by atoms with Gasteiger partial charge in [0.25, 0.3) is 0 Å². The fourth-order valence-electron chi connectivity index (χ4n) is 11.6. The number of piperazine rings is 1. The molecule has 374 valence electrons. The minimum atomic E-state index is -0.000113. The Bertz CT molecular complexity index is 2390. The molecule has 0 saturated carbocycles. The smallest absolute Gasteiger partial charge is 0.123 e. The van der Waals surface area contributed by atoms with Gasteiger partial charge in [0.05, 0.1) is 25.5 Å². The van der Waals surface area contributed by atoms with E-state index in [0.29, 0.717) is 48.5 Å². The van der Waals surface area contributed by atoms with Crippen LogP contribution in [0, 0.1) is 31.1 Å². The molecule has 13 heteroatoms. The third-order valence-corrected chi connectivity index (χ3v) is 16.1. The van der Waals surface area contributed by atoms with E-state index in [1.165, 1.54) is 39.9 Å². The van der Waals surface area contributed by atoms with Crippen LogP contribution in [0.2, 0.25) is 0 Å². The van der Waals surface area contributed by atoms with Gasteiger partial charge >= 0.3 is 0 Å². The van der Waals surface area contributed by atoms with E-state index in [1.54, 1.807) is 0 Å². The molecule has 5 N–H and O–H groups in total. The number of amidine groups is 1. The van der Waals surface area contributed by atoms with Crippen molar-refractivity contribution in [2.75, 3.05) is 91.4 Å². The second-order valence-corrected chi connectivity index (χ2v) is 21.1. The molecule has 70 heavy (non-hydrogen) atoms. The highest BCUT2D eigenvalue weighted by Crippen LogP contribution is 2.34. The first-order valence-electron chi connectivity index (χ1n) is 26.2. The molecule has 9 rings (SSSR count). The number of nitrogens with one attached hydrogen (secondary N) is 3. The predicted octanol–water partition coefficient (Wildman–Crippen LogP) is 8.51. The molecule has 0 spiro atoms. The average molecular weight is 950 g/mol. The number of hydrogen-bond donors (Lipinski definition) is 4. The van der Waals surface area contributed by atoms with Gasteiger partial charge in [-0.3, -0.25) is 25.5 Å². The van der Waals surface area contributed by atoms with E-state index in [2.05, 4.69) is 141 Å². The maximum absolute atomic E-state index is 8.96. The van der Waals surface area contributed by atoms with E-state index in [9.17, 15) is 0 Å². The highest BCUT2D eigenvalue weighted by molar-refractivity contribution is 5.90. The molecule has 4 aromatic rings. The van der Waals surface area contributed by atoms with E-state index >= 15 is 0 Å². The van der Waals surface area contributed by atoms with Crippen molar-refractivity contribution in [1.82, 2.24) is 45.3 Å². The van der Waals surface area contributed by atoms with Crippen molar-refractivity contribution < 1.29 is 9.78 Å². The van der Waals surface area contributed by atoms with Crippen LogP contribution in [-0.4, -0.2) is 132 Å². The Kier molecular flexibility index (Phi) is 16.9. The quantitative estimate of drug-likeness (QED) is 0.0549. The molecule has 0 amide bonds. The second kappa shape index (κ2) is 23.6. The van der Waals surface area contributed by atoms with Crippen molar-refractivity contribution >= 4 is 17.7 Å². The number of aryl methyl sites for hydroxylation is 2. The fourth-order valence-corrected chi connectivity index (χ4v) is 11.6. The van der Waals surface area contributed by atoms with Gasteiger partial charge in [-0.15, -0.1) is 0 Å². The number of benzene rings is 2. The fraction of sp³-hybridized carbons (Fsp3) is 0.526. The van der Waals surface area contributed by atoms with Gasteiger partial charge in [0.15, 0.2) is 0 Å². The SMILES string of the molecule is C/C(=C\c1c(-c2ccc(N)nc2)ccnc1C)CN1CCC(c2ccc(C3NC(/C=C\C(=N)N4CCC(CN5CCN(Cc6ccc(C)c(C(C)C7CCCOOC7)c6)CC5)CC4)N(C)N3)cc2)CC1. The van der Waals surface area contributed by atoms with Gasteiger partial charge < -0.3 is 15.5 Å². The lowest BCUT2D eigenvalue weighted by Crippen LogP contribution is -2.48. The number of nitrogens with zero attached hydrogens (tertiary/aromatic N) is 7. The number of hydrogen-bond acceptors (Lipinski definition) is 12. The number of nitrogens with two attached hydrogens (primary N) is 1. The summed E-state index contributed by atoms with van der Waals surface area (Å²) >= 11 is 0. The summed E-state index contributed by atoms with van der Waals surface area (Å²) in [6.45, 7) is 22.0. The molecule has 2 aromatic heterocycles.